The third-order valence-corrected chi connectivity index (χ3v) is 8.06. The lowest BCUT2D eigenvalue weighted by molar-refractivity contribution is -0.138. The Morgan fingerprint density at radius 1 is 0.604 bits per heavy atom. The fraction of sp³-hybridized carbons (Fsp3) is 0.500. The second-order valence-corrected chi connectivity index (χ2v) is 12.6. The first kappa shape index (κ1) is 44.9. The van der Waals surface area contributed by atoms with Crippen LogP contribution in [0.15, 0.2) is 54.6 Å². The molecule has 0 spiro atoms. The average molecular weight is 742 g/mol. The van der Waals surface area contributed by atoms with Crippen molar-refractivity contribution in [1.29, 1.82) is 5.41 Å². The van der Waals surface area contributed by atoms with E-state index < -0.39 is 60.4 Å². The summed E-state index contributed by atoms with van der Waals surface area (Å²) in [6.07, 6.45) is -0.316. The van der Waals surface area contributed by atoms with Crippen molar-refractivity contribution in [3.05, 3.63) is 71.3 Å². The number of carbonyl (C=O) groups excluding carboxylic acids is 4. The lowest BCUT2D eigenvalue weighted by atomic mass is 9.99. The Hall–Kier alpha value is -4.25. The summed E-state index contributed by atoms with van der Waals surface area (Å²) in [5, 5.41) is 21.9. The molecule has 0 aliphatic carbocycles. The molecule has 3 atom stereocenters. The van der Waals surface area contributed by atoms with Crippen LogP contribution in [0.5, 0.6) is 0 Å². The molecule has 294 valence electrons. The SMILES string of the molecule is N=C(N)c1ccc(CNC(=O)[C@H](CCCNC(N)N)NC(=O)[C@H](CCCNC(N)N)NN[C@@H](CCCNC(N)N)C(=O)C(=O)Cc2ccccc2)cc1. The number of nitrogen functional groups attached to an aromatic ring is 1. The number of nitrogens with one attached hydrogen (secondary N) is 8. The summed E-state index contributed by atoms with van der Waals surface area (Å²) in [4.78, 5) is 53.8. The predicted molar refractivity (Wildman–Crippen MR) is 203 cm³/mol. The van der Waals surface area contributed by atoms with Gasteiger partial charge in [-0.15, -0.1) is 0 Å². The molecule has 2 aromatic rings. The lowest BCUT2D eigenvalue weighted by Gasteiger charge is -2.26. The Morgan fingerprint density at radius 2 is 1.09 bits per heavy atom. The van der Waals surface area contributed by atoms with Gasteiger partial charge in [-0.1, -0.05) is 54.6 Å². The van der Waals surface area contributed by atoms with Crippen LogP contribution in [0.25, 0.3) is 0 Å². The molecular formula is C34H59N15O4. The lowest BCUT2D eigenvalue weighted by Crippen LogP contribution is -2.58. The summed E-state index contributed by atoms with van der Waals surface area (Å²) in [6.45, 7) is 1.31. The second kappa shape index (κ2) is 24.9. The van der Waals surface area contributed by atoms with Gasteiger partial charge in [0.1, 0.15) is 30.7 Å². The Balaban J connectivity index is 2.22. The molecule has 0 bridgehead atoms. The molecule has 0 aliphatic rings. The number of amides is 2. The fourth-order valence-electron chi connectivity index (χ4n) is 5.18. The number of Topliss-reactive ketones (excluding diaryl/α,β-unsaturated/α-hetero) is 2. The third-order valence-electron chi connectivity index (χ3n) is 8.06. The second-order valence-electron chi connectivity index (χ2n) is 12.6. The summed E-state index contributed by atoms with van der Waals surface area (Å²) < 4.78 is 0. The first-order chi connectivity index (χ1) is 25.3. The maximum atomic E-state index is 13.9. The molecule has 2 amide bonds. The Bertz CT molecular complexity index is 1410. The number of nitrogens with two attached hydrogens (primary N) is 7. The van der Waals surface area contributed by atoms with E-state index in [0.29, 0.717) is 50.0 Å². The van der Waals surface area contributed by atoms with Crippen LogP contribution in [0.3, 0.4) is 0 Å². The first-order valence-corrected chi connectivity index (χ1v) is 17.6. The number of hydrazine groups is 1. The number of hydrogen-bond acceptors (Lipinski definition) is 16. The van der Waals surface area contributed by atoms with Crippen LogP contribution in [0, 0.1) is 5.41 Å². The minimum absolute atomic E-state index is 0.0729. The van der Waals surface area contributed by atoms with Gasteiger partial charge in [0.25, 0.3) is 0 Å². The zero-order valence-corrected chi connectivity index (χ0v) is 30.1. The highest BCUT2D eigenvalue weighted by molar-refractivity contribution is 6.39. The van der Waals surface area contributed by atoms with Crippen molar-refractivity contribution in [2.24, 2.45) is 40.1 Å². The van der Waals surface area contributed by atoms with Gasteiger partial charge in [0.2, 0.25) is 23.4 Å². The van der Waals surface area contributed by atoms with E-state index in [4.69, 9.17) is 45.5 Å². The molecule has 0 fully saturated rings. The number of benzene rings is 2. The van der Waals surface area contributed by atoms with E-state index in [9.17, 15) is 19.2 Å². The largest absolute Gasteiger partial charge is 0.384 e. The standard InChI is InChI=1S/C34H59N15O4/c35-29(36)23-14-12-22(13-15-23)20-46-30(52)25(10-5-17-44-33(39)40)47-31(53)26(11-6-18-45-34(41)42)49-48-24(9-4-16-43-32(37)38)28(51)27(50)19-21-7-2-1-3-8-21/h1-3,7-8,12-15,24-26,32-34,43-45,48-49H,4-6,9-11,16-20,37-42H2,(H3,35,36)(H,46,52)(H,47,53)/t24-,25-,26-/m0/s1. The van der Waals surface area contributed by atoms with Crippen molar-refractivity contribution >= 4 is 29.2 Å². The number of amidine groups is 1. The van der Waals surface area contributed by atoms with Gasteiger partial charge in [0.05, 0.1) is 12.1 Å². The molecule has 0 aromatic heterocycles. The van der Waals surface area contributed by atoms with Crippen LogP contribution in [-0.2, 0) is 32.1 Å². The van der Waals surface area contributed by atoms with Gasteiger partial charge in [-0.25, -0.2) is 10.9 Å². The van der Waals surface area contributed by atoms with E-state index in [1.54, 1.807) is 48.5 Å². The third kappa shape index (κ3) is 18.9. The van der Waals surface area contributed by atoms with Crippen molar-refractivity contribution in [1.82, 2.24) is 37.4 Å². The molecule has 0 unspecified atom stereocenters. The molecule has 19 nitrogen and oxygen atoms in total. The molecule has 0 heterocycles. The van der Waals surface area contributed by atoms with Gasteiger partial charge >= 0.3 is 0 Å². The summed E-state index contributed by atoms with van der Waals surface area (Å²) >= 11 is 0. The van der Waals surface area contributed by atoms with E-state index in [-0.39, 0.29) is 38.1 Å². The van der Waals surface area contributed by atoms with Crippen LogP contribution in [0.4, 0.5) is 0 Å². The molecule has 22 N–H and O–H groups in total. The number of carbonyl (C=O) groups is 4. The normalized spacial score (nSPS) is 13.2. The first-order valence-electron chi connectivity index (χ1n) is 17.6. The number of rotatable bonds is 28. The zero-order valence-electron chi connectivity index (χ0n) is 30.1. The van der Waals surface area contributed by atoms with Crippen LogP contribution in [-0.4, -0.2) is 85.8 Å². The number of hydrogen-bond donors (Lipinski definition) is 15. The maximum Gasteiger partial charge on any atom is 0.242 e. The Kier molecular flexibility index (Phi) is 21.1. The van der Waals surface area contributed by atoms with Crippen LogP contribution >= 0.6 is 0 Å². The topological polar surface area (TPSA) is 358 Å². The van der Waals surface area contributed by atoms with Gasteiger partial charge in [0.15, 0.2) is 0 Å². The smallest absolute Gasteiger partial charge is 0.242 e. The van der Waals surface area contributed by atoms with Gasteiger partial charge in [-0.05, 0) is 69.3 Å². The highest BCUT2D eigenvalue weighted by atomic mass is 16.2. The monoisotopic (exact) mass is 741 g/mol. The minimum Gasteiger partial charge on any atom is -0.384 e. The quantitative estimate of drug-likeness (QED) is 0.00986. The van der Waals surface area contributed by atoms with Crippen molar-refractivity contribution in [3.8, 4) is 0 Å². The molecule has 53 heavy (non-hydrogen) atoms. The summed E-state index contributed by atoms with van der Waals surface area (Å²) in [5.74, 6) is -2.29. The molecule has 0 saturated carbocycles. The molecule has 2 rings (SSSR count). The highest BCUT2D eigenvalue weighted by Crippen LogP contribution is 2.08. The van der Waals surface area contributed by atoms with Crippen molar-refractivity contribution in [3.63, 3.8) is 0 Å². The van der Waals surface area contributed by atoms with E-state index in [1.165, 1.54) is 0 Å². The van der Waals surface area contributed by atoms with E-state index in [2.05, 4.69) is 37.4 Å². The van der Waals surface area contributed by atoms with Crippen LogP contribution < -0.4 is 77.6 Å². The van der Waals surface area contributed by atoms with Gasteiger partial charge in [0, 0.05) is 18.5 Å². The maximum absolute atomic E-state index is 13.9. The molecular weight excluding hydrogens is 682 g/mol. The Morgan fingerprint density at radius 3 is 1.60 bits per heavy atom. The molecule has 0 aliphatic heterocycles. The van der Waals surface area contributed by atoms with Crippen molar-refractivity contribution in [2.75, 3.05) is 19.6 Å². The van der Waals surface area contributed by atoms with Gasteiger partial charge in [-0.2, -0.15) is 0 Å². The highest BCUT2D eigenvalue weighted by Gasteiger charge is 2.29. The van der Waals surface area contributed by atoms with Crippen molar-refractivity contribution in [2.45, 2.75) is 88.5 Å². The molecule has 0 saturated heterocycles. The van der Waals surface area contributed by atoms with Gasteiger partial charge < -0.3 is 50.8 Å². The Labute approximate surface area is 310 Å². The van der Waals surface area contributed by atoms with Crippen molar-refractivity contribution < 1.29 is 19.2 Å². The van der Waals surface area contributed by atoms with Gasteiger partial charge in [-0.3, -0.25) is 40.5 Å². The van der Waals surface area contributed by atoms with E-state index in [1.807, 2.05) is 6.07 Å². The summed E-state index contributed by atoms with van der Waals surface area (Å²) in [6, 6.07) is 12.8. The van der Waals surface area contributed by atoms with E-state index >= 15 is 0 Å². The number of ketones is 2. The molecule has 2 aromatic carbocycles. The van der Waals surface area contributed by atoms with Crippen LogP contribution in [0.2, 0.25) is 0 Å². The van der Waals surface area contributed by atoms with Crippen LogP contribution in [0.1, 0.15) is 55.2 Å². The zero-order chi connectivity index (χ0) is 39.2. The summed E-state index contributed by atoms with van der Waals surface area (Å²) in [5.41, 5.74) is 47.0. The van der Waals surface area contributed by atoms with E-state index in [0.717, 1.165) is 5.56 Å². The minimum atomic E-state index is -0.993. The predicted octanol–water partition coefficient (Wildman–Crippen LogP) is -4.00. The average Bonchev–Trinajstić information content (AvgIpc) is 3.12. The molecule has 19 heteroatoms. The fourth-order valence-corrected chi connectivity index (χ4v) is 5.18. The molecule has 0 radical (unpaired) electrons. The summed E-state index contributed by atoms with van der Waals surface area (Å²) in [7, 11) is 0.